The first-order valence-corrected chi connectivity index (χ1v) is 14.6. The summed E-state index contributed by atoms with van der Waals surface area (Å²) in [6.07, 6.45) is 0. The number of Topliss-reactive ketones (excluding diaryl/α,β-unsaturated/α-hetero) is 1. The van der Waals surface area contributed by atoms with Crippen molar-refractivity contribution < 1.29 is 4.79 Å². The van der Waals surface area contributed by atoms with E-state index in [1.807, 2.05) is 36.1 Å². The second-order valence-electron chi connectivity index (χ2n) is 9.36. The molecular formula is C36H27OP. The van der Waals surface area contributed by atoms with Gasteiger partial charge >= 0.3 is 0 Å². The molecule has 182 valence electrons. The van der Waals surface area contributed by atoms with Crippen molar-refractivity contribution in [2.75, 3.05) is 0 Å². The number of ketones is 1. The van der Waals surface area contributed by atoms with Crippen molar-refractivity contribution in [2.45, 2.75) is 0 Å². The zero-order valence-corrected chi connectivity index (χ0v) is 21.8. The maximum absolute atomic E-state index is 14.0. The van der Waals surface area contributed by atoms with Crippen LogP contribution in [0.25, 0.3) is 21.9 Å². The molecule has 0 bridgehead atoms. The van der Waals surface area contributed by atoms with Gasteiger partial charge in [-0.1, -0.05) is 152 Å². The molecule has 0 N–H and O–H groups in total. The van der Waals surface area contributed by atoms with Gasteiger partial charge < -0.3 is 0 Å². The largest absolute Gasteiger partial charge is 0.289 e. The predicted molar refractivity (Wildman–Crippen MR) is 165 cm³/mol. The first-order valence-electron chi connectivity index (χ1n) is 12.8. The molecule has 0 unspecified atom stereocenters. The Bertz CT molecular complexity index is 1650. The van der Waals surface area contributed by atoms with Crippen LogP contribution in [0.1, 0.15) is 10.4 Å². The van der Waals surface area contributed by atoms with E-state index < -0.39 is 6.89 Å². The standard InChI is InChI=1S/C36H27OP/c37-36(30-23-20-29(21-24-30)32-25-22-28-12-10-11-13-31(28)26-32)27-38(33-14-4-1-5-15-33,34-16-6-2-7-17-34)35-18-8-3-9-19-35/h1-27H. The van der Waals surface area contributed by atoms with Crippen molar-refractivity contribution in [3.8, 4) is 11.1 Å². The summed E-state index contributed by atoms with van der Waals surface area (Å²) in [4.78, 5) is 14.0. The van der Waals surface area contributed by atoms with Crippen LogP contribution in [0.2, 0.25) is 0 Å². The first kappa shape index (κ1) is 23.9. The SMILES string of the molecule is O=C(C=P(c1ccccc1)(c1ccccc1)c1ccccc1)c1ccc(-c2ccc3ccccc3c2)cc1. The number of benzene rings is 6. The minimum atomic E-state index is -2.35. The number of fused-ring (bicyclic) bond motifs is 1. The van der Waals surface area contributed by atoms with E-state index in [1.165, 1.54) is 26.7 Å². The summed E-state index contributed by atoms with van der Waals surface area (Å²) in [5, 5.41) is 5.93. The summed E-state index contributed by atoms with van der Waals surface area (Å²) in [5.74, 6) is 2.04. The quantitative estimate of drug-likeness (QED) is 0.169. The maximum Gasteiger partial charge on any atom is 0.186 e. The van der Waals surface area contributed by atoms with Crippen molar-refractivity contribution >= 4 is 45.2 Å². The van der Waals surface area contributed by atoms with Crippen LogP contribution in [-0.4, -0.2) is 11.6 Å². The Balaban J connectivity index is 1.47. The highest BCUT2D eigenvalue weighted by molar-refractivity contribution is 7.95. The fraction of sp³-hybridized carbons (Fsp3) is 0. The molecule has 1 nitrogen and oxygen atoms in total. The molecule has 0 aliphatic carbocycles. The highest BCUT2D eigenvalue weighted by Crippen LogP contribution is 2.43. The number of carbonyl (C=O) groups is 1. The molecule has 0 aliphatic rings. The molecule has 0 heterocycles. The molecule has 38 heavy (non-hydrogen) atoms. The highest BCUT2D eigenvalue weighted by atomic mass is 31.2. The number of rotatable bonds is 6. The van der Waals surface area contributed by atoms with Crippen LogP contribution in [-0.2, 0) is 0 Å². The van der Waals surface area contributed by atoms with Crippen molar-refractivity contribution in [3.05, 3.63) is 163 Å². The van der Waals surface area contributed by atoms with Gasteiger partial charge in [-0.15, -0.1) is 0 Å². The minimum absolute atomic E-state index is 0.0416. The Morgan fingerprint density at radius 1 is 0.447 bits per heavy atom. The van der Waals surface area contributed by atoms with Crippen molar-refractivity contribution in [1.29, 1.82) is 0 Å². The molecule has 0 amide bonds. The molecule has 0 saturated heterocycles. The first-order chi connectivity index (χ1) is 18.7. The normalized spacial score (nSPS) is 11.3. The summed E-state index contributed by atoms with van der Waals surface area (Å²) < 4.78 is 0. The predicted octanol–water partition coefficient (Wildman–Crippen LogP) is 7.49. The molecule has 0 aromatic heterocycles. The van der Waals surface area contributed by atoms with Gasteiger partial charge in [-0.2, -0.15) is 0 Å². The van der Waals surface area contributed by atoms with E-state index in [4.69, 9.17) is 0 Å². The minimum Gasteiger partial charge on any atom is -0.289 e. The van der Waals surface area contributed by atoms with Crippen LogP contribution in [0, 0.1) is 0 Å². The van der Waals surface area contributed by atoms with E-state index in [0.717, 1.165) is 11.1 Å². The summed E-state index contributed by atoms with van der Waals surface area (Å²) in [6.45, 7) is -2.35. The van der Waals surface area contributed by atoms with Crippen molar-refractivity contribution in [3.63, 3.8) is 0 Å². The van der Waals surface area contributed by atoms with Crippen LogP contribution in [0.5, 0.6) is 0 Å². The van der Waals surface area contributed by atoms with Crippen LogP contribution in [0.3, 0.4) is 0 Å². The fourth-order valence-electron chi connectivity index (χ4n) is 5.11. The molecule has 0 atom stereocenters. The van der Waals surface area contributed by atoms with E-state index in [-0.39, 0.29) is 5.78 Å². The van der Waals surface area contributed by atoms with Gasteiger partial charge in [-0.3, -0.25) is 4.79 Å². The molecule has 6 aromatic carbocycles. The van der Waals surface area contributed by atoms with Gasteiger partial charge in [0.05, 0.1) is 0 Å². The van der Waals surface area contributed by atoms with Crippen LogP contribution >= 0.6 is 6.89 Å². The van der Waals surface area contributed by atoms with E-state index in [2.05, 4.69) is 127 Å². The van der Waals surface area contributed by atoms with Gasteiger partial charge in [0.2, 0.25) is 0 Å². The lowest BCUT2D eigenvalue weighted by Crippen LogP contribution is -2.28. The fourth-order valence-corrected chi connectivity index (χ4v) is 8.88. The molecule has 0 spiro atoms. The lowest BCUT2D eigenvalue weighted by atomic mass is 10.00. The molecule has 0 radical (unpaired) electrons. The highest BCUT2D eigenvalue weighted by Gasteiger charge is 2.26. The Morgan fingerprint density at radius 3 is 1.42 bits per heavy atom. The molecule has 6 rings (SSSR count). The van der Waals surface area contributed by atoms with E-state index >= 15 is 0 Å². The summed E-state index contributed by atoms with van der Waals surface area (Å²) in [6, 6.07) is 54.3. The van der Waals surface area contributed by atoms with Crippen molar-refractivity contribution in [1.82, 2.24) is 0 Å². The third-order valence-corrected chi connectivity index (χ3v) is 11.0. The topological polar surface area (TPSA) is 17.1 Å². The molecule has 6 aromatic rings. The van der Waals surface area contributed by atoms with Gasteiger partial charge in [-0.25, -0.2) is 0 Å². The summed E-state index contributed by atoms with van der Waals surface area (Å²) in [7, 11) is 0. The van der Waals surface area contributed by atoms with E-state index in [0.29, 0.717) is 5.56 Å². The molecule has 0 fully saturated rings. The van der Waals surface area contributed by atoms with Crippen LogP contribution < -0.4 is 15.9 Å². The van der Waals surface area contributed by atoms with Gasteiger partial charge in [-0.05, 0) is 56.6 Å². The molecular weight excluding hydrogens is 479 g/mol. The lowest BCUT2D eigenvalue weighted by molar-refractivity contribution is 0.107. The summed E-state index contributed by atoms with van der Waals surface area (Å²) in [5.41, 5.74) is 2.94. The maximum atomic E-state index is 14.0. The Labute approximate surface area is 224 Å². The average Bonchev–Trinajstić information content (AvgIpc) is 3.01. The third kappa shape index (κ3) is 4.54. The summed E-state index contributed by atoms with van der Waals surface area (Å²) >= 11 is 0. The Morgan fingerprint density at radius 2 is 0.895 bits per heavy atom. The van der Waals surface area contributed by atoms with E-state index in [1.54, 1.807) is 0 Å². The zero-order chi connectivity index (χ0) is 25.8. The number of hydrogen-bond donors (Lipinski definition) is 0. The van der Waals surface area contributed by atoms with Gasteiger partial charge in [0.15, 0.2) is 5.78 Å². The monoisotopic (exact) mass is 506 g/mol. The number of carbonyl (C=O) groups excluding carboxylic acids is 1. The van der Waals surface area contributed by atoms with Crippen molar-refractivity contribution in [2.24, 2.45) is 0 Å². The Hall–Kier alpha value is -4.45. The Kier molecular flexibility index (Phi) is 6.61. The zero-order valence-electron chi connectivity index (χ0n) is 20.9. The third-order valence-electron chi connectivity index (χ3n) is 7.05. The second kappa shape index (κ2) is 10.5. The molecule has 2 heteroatoms. The van der Waals surface area contributed by atoms with Gasteiger partial charge in [0.25, 0.3) is 0 Å². The molecule has 0 aliphatic heterocycles. The lowest BCUT2D eigenvalue weighted by Gasteiger charge is -2.28. The second-order valence-corrected chi connectivity index (χ2v) is 12.6. The van der Waals surface area contributed by atoms with Gasteiger partial charge in [0.1, 0.15) is 0 Å². The average molecular weight is 507 g/mol. The number of hydrogen-bond acceptors (Lipinski definition) is 1. The van der Waals surface area contributed by atoms with Crippen LogP contribution in [0.4, 0.5) is 0 Å². The van der Waals surface area contributed by atoms with E-state index in [9.17, 15) is 4.79 Å². The van der Waals surface area contributed by atoms with Gasteiger partial charge in [0, 0.05) is 5.56 Å². The smallest absolute Gasteiger partial charge is 0.186 e. The molecule has 0 saturated carbocycles. The van der Waals surface area contributed by atoms with Crippen LogP contribution in [0.15, 0.2) is 158 Å².